The highest BCUT2D eigenvalue weighted by atomic mass is 16.5. The van der Waals surface area contributed by atoms with Crippen LogP contribution in [0, 0.1) is 0 Å². The number of nitrogens with one attached hydrogen (secondary N) is 3. The van der Waals surface area contributed by atoms with Gasteiger partial charge in [0.25, 0.3) is 5.91 Å². The predicted molar refractivity (Wildman–Crippen MR) is 107 cm³/mol. The molecule has 1 heterocycles. The fourth-order valence-corrected chi connectivity index (χ4v) is 2.25. The van der Waals surface area contributed by atoms with E-state index >= 15 is 0 Å². The van der Waals surface area contributed by atoms with Crippen molar-refractivity contribution in [1.82, 2.24) is 15.6 Å². The number of ether oxygens (including phenoxy) is 2. The van der Waals surface area contributed by atoms with E-state index in [1.54, 1.807) is 43.6 Å². The van der Waals surface area contributed by atoms with Gasteiger partial charge in [0.2, 0.25) is 5.88 Å². The molecule has 8 nitrogen and oxygen atoms in total. The molecule has 1 aromatic carbocycles. The second-order valence-corrected chi connectivity index (χ2v) is 6.36. The lowest BCUT2D eigenvalue weighted by molar-refractivity contribution is 0.0951. The molecule has 0 unspecified atom stereocenters. The molecule has 0 spiro atoms. The smallest absolute Gasteiger partial charge is 0.319 e. The number of methoxy groups -OCH3 is 1. The van der Waals surface area contributed by atoms with Crippen LogP contribution in [0.5, 0.6) is 5.88 Å². The number of benzene rings is 1. The Bertz CT molecular complexity index is 761. The number of rotatable bonds is 9. The van der Waals surface area contributed by atoms with Gasteiger partial charge in [-0.2, -0.15) is 0 Å². The van der Waals surface area contributed by atoms with Crippen LogP contribution in [0.25, 0.3) is 0 Å². The van der Waals surface area contributed by atoms with E-state index in [1.165, 1.54) is 0 Å². The summed E-state index contributed by atoms with van der Waals surface area (Å²) in [5.41, 5.74) is 1.97. The minimum Gasteiger partial charge on any atom is -0.475 e. The monoisotopic (exact) mass is 386 g/mol. The number of anilines is 1. The first kappa shape index (κ1) is 21.2. The lowest BCUT2D eigenvalue weighted by Crippen LogP contribution is -2.34. The van der Waals surface area contributed by atoms with E-state index in [0.29, 0.717) is 36.9 Å². The molecular formula is C20H26N4O4. The summed E-state index contributed by atoms with van der Waals surface area (Å²) in [5.74, 6) is 0.301. The van der Waals surface area contributed by atoms with Gasteiger partial charge < -0.3 is 25.4 Å². The van der Waals surface area contributed by atoms with E-state index in [1.807, 2.05) is 19.9 Å². The Morgan fingerprint density at radius 2 is 1.82 bits per heavy atom. The molecule has 0 aliphatic carbocycles. The molecule has 150 valence electrons. The van der Waals surface area contributed by atoms with Crippen LogP contribution < -0.4 is 20.7 Å². The van der Waals surface area contributed by atoms with Crippen molar-refractivity contribution < 1.29 is 19.1 Å². The Balaban J connectivity index is 1.81. The third-order valence-electron chi connectivity index (χ3n) is 3.61. The molecule has 3 amide bonds. The van der Waals surface area contributed by atoms with Gasteiger partial charge in [0.1, 0.15) is 6.61 Å². The van der Waals surface area contributed by atoms with E-state index in [0.717, 1.165) is 5.56 Å². The van der Waals surface area contributed by atoms with Crippen molar-refractivity contribution in [2.24, 2.45) is 0 Å². The molecule has 0 saturated heterocycles. The predicted octanol–water partition coefficient (Wildman–Crippen LogP) is 2.57. The van der Waals surface area contributed by atoms with Crippen LogP contribution in [0.3, 0.4) is 0 Å². The van der Waals surface area contributed by atoms with Crippen molar-refractivity contribution in [2.75, 3.05) is 25.6 Å². The van der Waals surface area contributed by atoms with Crippen LogP contribution >= 0.6 is 0 Å². The topological polar surface area (TPSA) is 102 Å². The highest BCUT2D eigenvalue weighted by molar-refractivity contribution is 5.95. The molecule has 0 saturated carbocycles. The van der Waals surface area contributed by atoms with Gasteiger partial charge in [-0.3, -0.25) is 4.79 Å². The zero-order valence-corrected chi connectivity index (χ0v) is 16.3. The highest BCUT2D eigenvalue weighted by Gasteiger charge is 2.07. The number of aromatic nitrogens is 1. The Morgan fingerprint density at radius 1 is 1.07 bits per heavy atom. The summed E-state index contributed by atoms with van der Waals surface area (Å²) in [4.78, 5) is 28.1. The van der Waals surface area contributed by atoms with Crippen molar-refractivity contribution in [3.63, 3.8) is 0 Å². The van der Waals surface area contributed by atoms with E-state index in [4.69, 9.17) is 9.47 Å². The molecule has 28 heavy (non-hydrogen) atoms. The van der Waals surface area contributed by atoms with Crippen molar-refractivity contribution in [3.05, 3.63) is 53.7 Å². The number of amides is 3. The number of hydrogen-bond acceptors (Lipinski definition) is 5. The molecule has 0 aliphatic heterocycles. The van der Waals surface area contributed by atoms with Crippen molar-refractivity contribution >= 4 is 17.6 Å². The minimum atomic E-state index is -0.283. The number of hydrogen-bond donors (Lipinski definition) is 3. The molecule has 0 radical (unpaired) electrons. The van der Waals surface area contributed by atoms with Crippen molar-refractivity contribution in [3.8, 4) is 5.88 Å². The maximum atomic E-state index is 12.3. The Hall–Kier alpha value is -3.13. The summed E-state index contributed by atoms with van der Waals surface area (Å²) in [5, 5.41) is 8.28. The molecule has 0 bridgehead atoms. The SMILES string of the molecule is COCCOc1ccc(CNC(=O)c2ccc(NC(=O)NC(C)C)cc2)cn1. The average Bonchev–Trinajstić information content (AvgIpc) is 2.67. The Kier molecular flexibility index (Phi) is 8.23. The quantitative estimate of drug-likeness (QED) is 0.575. The summed E-state index contributed by atoms with van der Waals surface area (Å²) >= 11 is 0. The summed E-state index contributed by atoms with van der Waals surface area (Å²) in [6, 6.07) is 10.0. The summed E-state index contributed by atoms with van der Waals surface area (Å²) < 4.78 is 10.3. The number of pyridine rings is 1. The summed E-state index contributed by atoms with van der Waals surface area (Å²) in [6.45, 7) is 5.04. The lowest BCUT2D eigenvalue weighted by atomic mass is 10.2. The van der Waals surface area contributed by atoms with Crippen LogP contribution in [-0.4, -0.2) is 43.3 Å². The van der Waals surface area contributed by atoms with Crippen LogP contribution in [-0.2, 0) is 11.3 Å². The third-order valence-corrected chi connectivity index (χ3v) is 3.61. The molecule has 3 N–H and O–H groups in total. The van der Waals surface area contributed by atoms with E-state index in [-0.39, 0.29) is 18.0 Å². The molecule has 2 rings (SSSR count). The Morgan fingerprint density at radius 3 is 2.43 bits per heavy atom. The van der Waals surface area contributed by atoms with Crippen LogP contribution in [0.15, 0.2) is 42.6 Å². The molecular weight excluding hydrogens is 360 g/mol. The maximum absolute atomic E-state index is 12.3. The second kappa shape index (κ2) is 10.9. The van der Waals surface area contributed by atoms with Gasteiger partial charge in [-0.25, -0.2) is 9.78 Å². The number of urea groups is 1. The van der Waals surface area contributed by atoms with Gasteiger partial charge in [-0.15, -0.1) is 0 Å². The fourth-order valence-electron chi connectivity index (χ4n) is 2.25. The number of carbonyl (C=O) groups is 2. The van der Waals surface area contributed by atoms with Crippen molar-refractivity contribution in [2.45, 2.75) is 26.4 Å². The number of carbonyl (C=O) groups excluding carboxylic acids is 2. The minimum absolute atomic E-state index is 0.0468. The van der Waals surface area contributed by atoms with Gasteiger partial charge >= 0.3 is 6.03 Å². The molecule has 0 atom stereocenters. The van der Waals surface area contributed by atoms with Gasteiger partial charge in [-0.05, 0) is 43.7 Å². The van der Waals surface area contributed by atoms with Crippen molar-refractivity contribution in [1.29, 1.82) is 0 Å². The van der Waals surface area contributed by atoms with Gasteiger partial charge in [-0.1, -0.05) is 6.07 Å². The zero-order valence-electron chi connectivity index (χ0n) is 16.3. The van der Waals surface area contributed by atoms with E-state index in [9.17, 15) is 9.59 Å². The van der Waals surface area contributed by atoms with E-state index in [2.05, 4.69) is 20.9 Å². The van der Waals surface area contributed by atoms with Crippen LogP contribution in [0.4, 0.5) is 10.5 Å². The first-order chi connectivity index (χ1) is 13.5. The van der Waals surface area contributed by atoms with Crippen LogP contribution in [0.1, 0.15) is 29.8 Å². The highest BCUT2D eigenvalue weighted by Crippen LogP contribution is 2.11. The van der Waals surface area contributed by atoms with Crippen LogP contribution in [0.2, 0.25) is 0 Å². The first-order valence-corrected chi connectivity index (χ1v) is 9.00. The lowest BCUT2D eigenvalue weighted by Gasteiger charge is -2.11. The summed E-state index contributed by atoms with van der Waals surface area (Å²) in [7, 11) is 1.61. The molecule has 8 heteroatoms. The Labute approximate surface area is 164 Å². The summed E-state index contributed by atoms with van der Waals surface area (Å²) in [6.07, 6.45) is 1.66. The molecule has 0 fully saturated rings. The van der Waals surface area contributed by atoms with Gasteiger partial charge in [0, 0.05) is 43.2 Å². The largest absolute Gasteiger partial charge is 0.475 e. The van der Waals surface area contributed by atoms with Gasteiger partial charge in [0.15, 0.2) is 0 Å². The maximum Gasteiger partial charge on any atom is 0.319 e. The zero-order chi connectivity index (χ0) is 20.4. The first-order valence-electron chi connectivity index (χ1n) is 9.00. The second-order valence-electron chi connectivity index (χ2n) is 6.36. The number of nitrogens with zero attached hydrogens (tertiary/aromatic N) is 1. The third kappa shape index (κ3) is 7.24. The van der Waals surface area contributed by atoms with E-state index < -0.39 is 0 Å². The molecule has 1 aromatic heterocycles. The van der Waals surface area contributed by atoms with Gasteiger partial charge in [0.05, 0.1) is 6.61 Å². The fraction of sp³-hybridized carbons (Fsp3) is 0.350. The molecule has 2 aromatic rings. The molecule has 0 aliphatic rings. The standard InChI is InChI=1S/C20H26N4O4/c1-14(2)23-20(26)24-17-7-5-16(6-8-17)19(25)22-13-15-4-9-18(21-12-15)28-11-10-27-3/h4-9,12,14H,10-11,13H2,1-3H3,(H,22,25)(H2,23,24,26). The normalized spacial score (nSPS) is 10.4. The average molecular weight is 386 g/mol.